The van der Waals surface area contributed by atoms with Crippen LogP contribution in [0.2, 0.25) is 0 Å². The highest BCUT2D eigenvalue weighted by atomic mass is 16.3. The first-order valence-corrected chi connectivity index (χ1v) is 4.92. The van der Waals surface area contributed by atoms with Crippen molar-refractivity contribution in [3.05, 3.63) is 0 Å². The molecule has 0 aliphatic heterocycles. The van der Waals surface area contributed by atoms with Crippen molar-refractivity contribution in [1.82, 2.24) is 0 Å². The first kappa shape index (κ1) is 9.05. The van der Waals surface area contributed by atoms with E-state index in [1.165, 1.54) is 19.3 Å². The maximum absolute atomic E-state index is 9.67. The first-order chi connectivity index (χ1) is 5.24. The van der Waals surface area contributed by atoms with Gasteiger partial charge < -0.3 is 5.11 Å². The standard InChI is InChI=1S/C10H20O/c1-3-4-10(11)9-6-5-8(2)7-9/h8-11H,3-7H2,1-2H3/t8?,9?,10-/m1/s1. The van der Waals surface area contributed by atoms with Gasteiger partial charge in [-0.1, -0.05) is 26.7 Å². The second kappa shape index (κ2) is 4.10. The van der Waals surface area contributed by atoms with Gasteiger partial charge in [-0.25, -0.2) is 0 Å². The van der Waals surface area contributed by atoms with Gasteiger partial charge in [0, 0.05) is 0 Å². The van der Waals surface area contributed by atoms with Gasteiger partial charge in [-0.3, -0.25) is 0 Å². The molecule has 0 spiro atoms. The minimum Gasteiger partial charge on any atom is -0.393 e. The molecule has 1 saturated carbocycles. The minimum absolute atomic E-state index is 0.00931. The van der Waals surface area contributed by atoms with Crippen LogP contribution in [0.1, 0.15) is 46.0 Å². The maximum Gasteiger partial charge on any atom is 0.0568 e. The van der Waals surface area contributed by atoms with Crippen molar-refractivity contribution in [3.8, 4) is 0 Å². The van der Waals surface area contributed by atoms with E-state index < -0.39 is 0 Å². The number of rotatable bonds is 3. The normalized spacial score (nSPS) is 34.1. The molecule has 1 N–H and O–H groups in total. The average Bonchev–Trinajstić information content (AvgIpc) is 2.36. The Kier molecular flexibility index (Phi) is 3.38. The van der Waals surface area contributed by atoms with Gasteiger partial charge in [0.15, 0.2) is 0 Å². The third-order valence-corrected chi connectivity index (χ3v) is 2.86. The molecule has 1 aliphatic carbocycles. The molecule has 0 aromatic carbocycles. The van der Waals surface area contributed by atoms with Gasteiger partial charge in [-0.2, -0.15) is 0 Å². The molecule has 1 rings (SSSR count). The monoisotopic (exact) mass is 156 g/mol. The predicted molar refractivity (Wildman–Crippen MR) is 47.4 cm³/mol. The van der Waals surface area contributed by atoms with Crippen LogP contribution in [-0.4, -0.2) is 11.2 Å². The molecule has 0 saturated heterocycles. The Balaban J connectivity index is 2.25. The fourth-order valence-corrected chi connectivity index (χ4v) is 2.13. The molecule has 0 radical (unpaired) electrons. The van der Waals surface area contributed by atoms with Gasteiger partial charge in [-0.15, -0.1) is 0 Å². The Morgan fingerprint density at radius 1 is 1.45 bits per heavy atom. The van der Waals surface area contributed by atoms with E-state index in [9.17, 15) is 5.11 Å². The molecule has 0 amide bonds. The Bertz CT molecular complexity index is 111. The largest absolute Gasteiger partial charge is 0.393 e. The van der Waals surface area contributed by atoms with Crippen LogP contribution in [-0.2, 0) is 0 Å². The number of aliphatic hydroxyl groups is 1. The summed E-state index contributed by atoms with van der Waals surface area (Å²) >= 11 is 0. The van der Waals surface area contributed by atoms with Gasteiger partial charge in [0.2, 0.25) is 0 Å². The van der Waals surface area contributed by atoms with E-state index in [0.29, 0.717) is 5.92 Å². The Labute approximate surface area is 69.8 Å². The quantitative estimate of drug-likeness (QED) is 0.666. The summed E-state index contributed by atoms with van der Waals surface area (Å²) < 4.78 is 0. The zero-order valence-electron chi connectivity index (χ0n) is 7.71. The first-order valence-electron chi connectivity index (χ1n) is 4.92. The second-order valence-electron chi connectivity index (χ2n) is 4.03. The predicted octanol–water partition coefficient (Wildman–Crippen LogP) is 2.58. The number of hydrogen-bond donors (Lipinski definition) is 1. The Hall–Kier alpha value is -0.0400. The van der Waals surface area contributed by atoms with Gasteiger partial charge in [-0.05, 0) is 31.1 Å². The molecule has 0 heterocycles. The molecule has 3 atom stereocenters. The van der Waals surface area contributed by atoms with Crippen LogP contribution >= 0.6 is 0 Å². The van der Waals surface area contributed by atoms with Crippen molar-refractivity contribution in [1.29, 1.82) is 0 Å². The molecule has 0 bridgehead atoms. The fraction of sp³-hybridized carbons (Fsp3) is 1.00. The lowest BCUT2D eigenvalue weighted by molar-refractivity contribution is 0.0993. The summed E-state index contributed by atoms with van der Waals surface area (Å²) in [6.45, 7) is 4.43. The third-order valence-electron chi connectivity index (χ3n) is 2.86. The average molecular weight is 156 g/mol. The molecule has 1 fully saturated rings. The molecule has 2 unspecified atom stereocenters. The maximum atomic E-state index is 9.67. The molecule has 1 heteroatoms. The third kappa shape index (κ3) is 2.48. The van der Waals surface area contributed by atoms with Crippen molar-refractivity contribution in [2.24, 2.45) is 11.8 Å². The highest BCUT2D eigenvalue weighted by Crippen LogP contribution is 2.33. The van der Waals surface area contributed by atoms with Crippen molar-refractivity contribution in [3.63, 3.8) is 0 Å². The van der Waals surface area contributed by atoms with Gasteiger partial charge in [0.1, 0.15) is 0 Å². The summed E-state index contributed by atoms with van der Waals surface area (Å²) in [6.07, 6.45) is 5.93. The Morgan fingerprint density at radius 3 is 2.64 bits per heavy atom. The minimum atomic E-state index is -0.00931. The Morgan fingerprint density at radius 2 is 2.18 bits per heavy atom. The van der Waals surface area contributed by atoms with Crippen LogP contribution < -0.4 is 0 Å². The lowest BCUT2D eigenvalue weighted by atomic mass is 9.96. The molecule has 0 aromatic rings. The van der Waals surface area contributed by atoms with Crippen LogP contribution in [0.5, 0.6) is 0 Å². The van der Waals surface area contributed by atoms with Crippen LogP contribution in [0.4, 0.5) is 0 Å². The van der Waals surface area contributed by atoms with Gasteiger partial charge in [0.25, 0.3) is 0 Å². The summed E-state index contributed by atoms with van der Waals surface area (Å²) in [5, 5.41) is 9.67. The molecule has 1 nitrogen and oxygen atoms in total. The van der Waals surface area contributed by atoms with E-state index in [0.717, 1.165) is 18.8 Å². The zero-order valence-corrected chi connectivity index (χ0v) is 7.71. The van der Waals surface area contributed by atoms with Crippen molar-refractivity contribution in [2.75, 3.05) is 0 Å². The molecular weight excluding hydrogens is 136 g/mol. The van der Waals surface area contributed by atoms with Gasteiger partial charge in [0.05, 0.1) is 6.10 Å². The fourth-order valence-electron chi connectivity index (χ4n) is 2.13. The van der Waals surface area contributed by atoms with Crippen molar-refractivity contribution in [2.45, 2.75) is 52.1 Å². The van der Waals surface area contributed by atoms with Crippen LogP contribution in [0, 0.1) is 11.8 Å². The second-order valence-corrected chi connectivity index (χ2v) is 4.03. The van der Waals surface area contributed by atoms with Crippen molar-refractivity contribution < 1.29 is 5.11 Å². The summed E-state index contributed by atoms with van der Waals surface area (Å²) in [5.41, 5.74) is 0. The topological polar surface area (TPSA) is 20.2 Å². The smallest absolute Gasteiger partial charge is 0.0568 e. The van der Waals surface area contributed by atoms with Crippen LogP contribution in [0.3, 0.4) is 0 Å². The van der Waals surface area contributed by atoms with Crippen LogP contribution in [0.15, 0.2) is 0 Å². The summed E-state index contributed by atoms with van der Waals surface area (Å²) in [4.78, 5) is 0. The molecule has 0 aromatic heterocycles. The zero-order chi connectivity index (χ0) is 8.27. The summed E-state index contributed by atoms with van der Waals surface area (Å²) in [7, 11) is 0. The summed E-state index contributed by atoms with van der Waals surface area (Å²) in [6, 6.07) is 0. The molecule has 1 aliphatic rings. The highest BCUT2D eigenvalue weighted by Gasteiger charge is 2.26. The van der Waals surface area contributed by atoms with E-state index in [1.807, 2.05) is 0 Å². The van der Waals surface area contributed by atoms with E-state index in [1.54, 1.807) is 0 Å². The lowest BCUT2D eigenvalue weighted by Gasteiger charge is -2.16. The SMILES string of the molecule is CCC[C@@H](O)C1CCC(C)C1. The lowest BCUT2D eigenvalue weighted by Crippen LogP contribution is -2.17. The van der Waals surface area contributed by atoms with E-state index in [2.05, 4.69) is 13.8 Å². The molecule has 66 valence electrons. The van der Waals surface area contributed by atoms with Gasteiger partial charge >= 0.3 is 0 Å². The van der Waals surface area contributed by atoms with E-state index in [-0.39, 0.29) is 6.10 Å². The van der Waals surface area contributed by atoms with E-state index in [4.69, 9.17) is 0 Å². The molecular formula is C10H20O. The van der Waals surface area contributed by atoms with Crippen LogP contribution in [0.25, 0.3) is 0 Å². The molecule has 11 heavy (non-hydrogen) atoms. The van der Waals surface area contributed by atoms with Crippen molar-refractivity contribution >= 4 is 0 Å². The highest BCUT2D eigenvalue weighted by molar-refractivity contribution is 4.77. The van der Waals surface area contributed by atoms with E-state index >= 15 is 0 Å². The number of aliphatic hydroxyl groups excluding tert-OH is 1. The summed E-state index contributed by atoms with van der Waals surface area (Å²) in [5.74, 6) is 1.47. The number of hydrogen-bond acceptors (Lipinski definition) is 1.